The van der Waals surface area contributed by atoms with E-state index in [9.17, 15) is 4.79 Å². The lowest BCUT2D eigenvalue weighted by Gasteiger charge is -2.09. The normalized spacial score (nSPS) is 12.1. The Morgan fingerprint density at radius 2 is 1.81 bits per heavy atom. The fourth-order valence-corrected chi connectivity index (χ4v) is 1.11. The standard InChI is InChI=1S/C15H20O6/c16-14(17)13-21-12-10-8-6-4-2-1-3-5-7-9-11-15(18,19)20/h1-2,4,6-7,9,18-20H,8,10-13H2,(H,16,17). The average molecular weight is 296 g/mol. The molecule has 0 bridgehead atoms. The monoisotopic (exact) mass is 296 g/mol. The number of aliphatic hydroxyl groups is 3. The molecule has 4 N–H and O–H groups in total. The number of carboxylic acid groups (broad SMARTS) is 1. The molecule has 0 heterocycles. The molecule has 6 nitrogen and oxygen atoms in total. The molecule has 6 heteroatoms. The van der Waals surface area contributed by atoms with Gasteiger partial charge < -0.3 is 25.2 Å². The molecule has 0 aliphatic heterocycles. The van der Waals surface area contributed by atoms with Gasteiger partial charge in [-0.1, -0.05) is 36.1 Å². The Bertz CT molecular complexity index is 431. The molecule has 0 atom stereocenters. The van der Waals surface area contributed by atoms with Gasteiger partial charge in [-0.25, -0.2) is 4.79 Å². The third-order valence-corrected chi connectivity index (χ3v) is 1.99. The smallest absolute Gasteiger partial charge is 0.329 e. The van der Waals surface area contributed by atoms with Crippen molar-refractivity contribution in [1.82, 2.24) is 0 Å². The predicted molar refractivity (Wildman–Crippen MR) is 76.9 cm³/mol. The van der Waals surface area contributed by atoms with Crippen LogP contribution in [-0.4, -0.2) is 45.6 Å². The average Bonchev–Trinajstić information content (AvgIpc) is 2.37. The highest BCUT2D eigenvalue weighted by atomic mass is 16.7. The van der Waals surface area contributed by atoms with E-state index in [0.717, 1.165) is 12.8 Å². The van der Waals surface area contributed by atoms with Crippen LogP contribution in [0.2, 0.25) is 0 Å². The maximum Gasteiger partial charge on any atom is 0.329 e. The summed E-state index contributed by atoms with van der Waals surface area (Å²) in [6.07, 6.45) is 11.1. The number of allylic oxidation sites excluding steroid dienone is 5. The van der Waals surface area contributed by atoms with Crippen LogP contribution in [0.25, 0.3) is 0 Å². The van der Waals surface area contributed by atoms with Crippen LogP contribution in [-0.2, 0) is 9.53 Å². The second-order valence-corrected chi connectivity index (χ2v) is 4.05. The molecule has 0 amide bonds. The van der Waals surface area contributed by atoms with E-state index >= 15 is 0 Å². The molecule has 116 valence electrons. The van der Waals surface area contributed by atoms with Crippen LogP contribution in [0, 0.1) is 11.8 Å². The van der Waals surface area contributed by atoms with Crippen molar-refractivity contribution in [3.63, 3.8) is 0 Å². The van der Waals surface area contributed by atoms with Crippen LogP contribution >= 0.6 is 0 Å². The zero-order valence-corrected chi connectivity index (χ0v) is 11.6. The Morgan fingerprint density at radius 3 is 2.48 bits per heavy atom. The van der Waals surface area contributed by atoms with Crippen LogP contribution in [0.15, 0.2) is 36.5 Å². The maximum absolute atomic E-state index is 10.1. The summed E-state index contributed by atoms with van der Waals surface area (Å²) in [4.78, 5) is 10.1. The minimum atomic E-state index is -2.69. The van der Waals surface area contributed by atoms with Crippen molar-refractivity contribution in [2.24, 2.45) is 0 Å². The molecule has 21 heavy (non-hydrogen) atoms. The first kappa shape index (κ1) is 19.1. The number of aliphatic carboxylic acids is 1. The summed E-state index contributed by atoms with van der Waals surface area (Å²) < 4.78 is 4.87. The fraction of sp³-hybridized carbons (Fsp3) is 0.400. The van der Waals surface area contributed by atoms with E-state index < -0.39 is 11.9 Å². The van der Waals surface area contributed by atoms with Gasteiger partial charge in [0.15, 0.2) is 0 Å². The molecule has 0 aromatic rings. The summed E-state index contributed by atoms with van der Waals surface area (Å²) in [6.45, 7) is 0.143. The Kier molecular flexibility index (Phi) is 10.8. The summed E-state index contributed by atoms with van der Waals surface area (Å²) in [7, 11) is 0. The highest BCUT2D eigenvalue weighted by molar-refractivity contribution is 5.67. The highest BCUT2D eigenvalue weighted by Gasteiger charge is 2.14. The summed E-state index contributed by atoms with van der Waals surface area (Å²) in [5, 5.41) is 34.0. The highest BCUT2D eigenvalue weighted by Crippen LogP contribution is 1.99. The van der Waals surface area contributed by atoms with Crippen molar-refractivity contribution in [2.75, 3.05) is 13.2 Å². The molecule has 0 aliphatic carbocycles. The van der Waals surface area contributed by atoms with Crippen molar-refractivity contribution in [3.8, 4) is 11.8 Å². The number of rotatable bonds is 9. The van der Waals surface area contributed by atoms with E-state index in [4.69, 9.17) is 25.2 Å². The molecule has 0 aliphatic rings. The van der Waals surface area contributed by atoms with Gasteiger partial charge in [-0.15, -0.1) is 0 Å². The van der Waals surface area contributed by atoms with Crippen molar-refractivity contribution in [3.05, 3.63) is 36.5 Å². The zero-order valence-electron chi connectivity index (χ0n) is 11.6. The van der Waals surface area contributed by atoms with Crippen molar-refractivity contribution >= 4 is 5.97 Å². The van der Waals surface area contributed by atoms with Crippen LogP contribution < -0.4 is 0 Å². The minimum absolute atomic E-state index is 0.267. The summed E-state index contributed by atoms with van der Waals surface area (Å²) in [6, 6.07) is 0. The van der Waals surface area contributed by atoms with Crippen molar-refractivity contribution in [1.29, 1.82) is 0 Å². The molecule has 0 unspecified atom stereocenters. The first-order chi connectivity index (χ1) is 9.92. The minimum Gasteiger partial charge on any atom is -0.480 e. The van der Waals surface area contributed by atoms with E-state index in [0.29, 0.717) is 6.61 Å². The van der Waals surface area contributed by atoms with E-state index in [-0.39, 0.29) is 13.0 Å². The van der Waals surface area contributed by atoms with E-state index in [1.165, 1.54) is 12.2 Å². The van der Waals surface area contributed by atoms with E-state index in [1.807, 2.05) is 12.2 Å². The molecule has 0 aromatic carbocycles. The van der Waals surface area contributed by atoms with Gasteiger partial charge in [0, 0.05) is 13.0 Å². The molecular formula is C15H20O6. The molecular weight excluding hydrogens is 276 g/mol. The van der Waals surface area contributed by atoms with Crippen LogP contribution in [0.3, 0.4) is 0 Å². The maximum atomic E-state index is 10.1. The van der Waals surface area contributed by atoms with Gasteiger partial charge in [0.2, 0.25) is 0 Å². The number of ether oxygens (including phenoxy) is 1. The number of unbranched alkanes of at least 4 members (excludes halogenated alkanes) is 1. The second-order valence-electron chi connectivity index (χ2n) is 4.05. The van der Waals surface area contributed by atoms with Gasteiger partial charge in [-0.05, 0) is 25.0 Å². The molecule has 0 spiro atoms. The van der Waals surface area contributed by atoms with E-state index in [1.54, 1.807) is 12.2 Å². The van der Waals surface area contributed by atoms with Gasteiger partial charge >= 0.3 is 5.97 Å². The zero-order chi connectivity index (χ0) is 16.0. The Balaban J connectivity index is 3.63. The van der Waals surface area contributed by atoms with Gasteiger partial charge in [0.05, 0.1) is 0 Å². The Labute approximate surface area is 123 Å². The number of carboxylic acids is 1. The SMILES string of the molecule is O=C(O)COCCCC=CC=CC#CC=CCC(O)(O)O. The van der Waals surface area contributed by atoms with Gasteiger partial charge in [-0.2, -0.15) is 0 Å². The lowest BCUT2D eigenvalue weighted by molar-refractivity contribution is -0.308. The number of hydrogen-bond acceptors (Lipinski definition) is 5. The topological polar surface area (TPSA) is 107 Å². The molecule has 0 radical (unpaired) electrons. The molecule has 0 saturated carbocycles. The summed E-state index contributed by atoms with van der Waals surface area (Å²) in [5.41, 5.74) is 0. The quantitative estimate of drug-likeness (QED) is 0.214. The Hall–Kier alpha value is -1.91. The molecule has 0 aromatic heterocycles. The van der Waals surface area contributed by atoms with Crippen molar-refractivity contribution in [2.45, 2.75) is 25.2 Å². The lowest BCUT2D eigenvalue weighted by atomic mass is 10.3. The van der Waals surface area contributed by atoms with E-state index in [2.05, 4.69) is 11.8 Å². The van der Waals surface area contributed by atoms with Crippen LogP contribution in [0.1, 0.15) is 19.3 Å². The first-order valence-corrected chi connectivity index (χ1v) is 6.36. The third kappa shape index (κ3) is 18.1. The molecule has 0 fully saturated rings. The van der Waals surface area contributed by atoms with Gasteiger partial charge in [-0.3, -0.25) is 0 Å². The molecule has 0 rings (SSSR count). The largest absolute Gasteiger partial charge is 0.480 e. The third-order valence-electron chi connectivity index (χ3n) is 1.99. The van der Waals surface area contributed by atoms with Crippen LogP contribution in [0.5, 0.6) is 0 Å². The Morgan fingerprint density at radius 1 is 1.10 bits per heavy atom. The fourth-order valence-electron chi connectivity index (χ4n) is 1.11. The lowest BCUT2D eigenvalue weighted by Crippen LogP contribution is -2.25. The predicted octanol–water partition coefficient (Wildman–Crippen LogP) is 0.561. The van der Waals surface area contributed by atoms with Gasteiger partial charge in [0.1, 0.15) is 6.61 Å². The molecule has 0 saturated heterocycles. The number of carbonyl (C=O) groups is 1. The van der Waals surface area contributed by atoms with Crippen LogP contribution in [0.4, 0.5) is 0 Å². The second kappa shape index (κ2) is 11.9. The first-order valence-electron chi connectivity index (χ1n) is 6.36. The van der Waals surface area contributed by atoms with Gasteiger partial charge in [0.25, 0.3) is 5.97 Å². The number of hydrogen-bond donors (Lipinski definition) is 4. The van der Waals surface area contributed by atoms with Crippen molar-refractivity contribution < 1.29 is 30.0 Å². The summed E-state index contributed by atoms with van der Waals surface area (Å²) in [5.74, 6) is 1.66. The summed E-state index contributed by atoms with van der Waals surface area (Å²) >= 11 is 0.